The summed E-state index contributed by atoms with van der Waals surface area (Å²) in [6.45, 7) is 4.29. The fourth-order valence-corrected chi connectivity index (χ4v) is 1.57. The van der Waals surface area contributed by atoms with Crippen LogP contribution in [0.4, 0.5) is 10.5 Å². The Morgan fingerprint density at radius 3 is 2.63 bits per heavy atom. The van der Waals surface area contributed by atoms with Crippen LogP contribution in [0.2, 0.25) is 0 Å². The molecule has 104 valence electrons. The quantitative estimate of drug-likeness (QED) is 0.632. The Hall–Kier alpha value is -2.04. The molecule has 1 rings (SSSR count). The smallest absolute Gasteiger partial charge is 0.414 e. The number of carbonyl (C=O) groups is 2. The number of benzene rings is 1. The second-order valence-electron chi connectivity index (χ2n) is 4.21. The molecule has 0 saturated heterocycles. The Morgan fingerprint density at radius 1 is 1.32 bits per heavy atom. The number of nitrogens with one attached hydrogen (secondary N) is 1. The maximum Gasteiger partial charge on any atom is 0.414 e. The molecule has 0 unspecified atom stereocenters. The molecule has 0 atom stereocenters. The second kappa shape index (κ2) is 7.41. The molecule has 0 radical (unpaired) electrons. The van der Waals surface area contributed by atoms with Gasteiger partial charge in [0.25, 0.3) is 5.91 Å². The first-order chi connectivity index (χ1) is 9.08. The lowest BCUT2D eigenvalue weighted by Gasteiger charge is -2.07. The van der Waals surface area contributed by atoms with Gasteiger partial charge in [0.2, 0.25) is 0 Å². The highest BCUT2D eigenvalue weighted by molar-refractivity contribution is 6.03. The number of nitrogens with two attached hydrogens (primary N) is 1. The van der Waals surface area contributed by atoms with Gasteiger partial charge in [-0.25, -0.2) is 4.79 Å². The summed E-state index contributed by atoms with van der Waals surface area (Å²) < 4.78 is 4.85. The highest BCUT2D eigenvalue weighted by Gasteiger charge is 2.12. The van der Waals surface area contributed by atoms with Gasteiger partial charge in [0, 0.05) is 11.3 Å². The number of alkyl carbamates (subject to hydrolysis) is 1. The number of nitrogen functional groups attached to an aromatic ring is 1. The number of hydrogen-bond donors (Lipinski definition) is 2. The van der Waals surface area contributed by atoms with Crippen LogP contribution in [0, 0.1) is 0 Å². The summed E-state index contributed by atoms with van der Waals surface area (Å²) in [6, 6.07) is 4.99. The van der Waals surface area contributed by atoms with Gasteiger partial charge in [0.15, 0.2) is 0 Å². The Kier molecular flexibility index (Phi) is 5.85. The van der Waals surface area contributed by atoms with E-state index in [9.17, 15) is 9.59 Å². The van der Waals surface area contributed by atoms with E-state index in [-0.39, 0.29) is 0 Å². The number of hydrogen-bond acceptors (Lipinski definition) is 4. The maximum atomic E-state index is 11.8. The number of rotatable bonds is 5. The van der Waals surface area contributed by atoms with Crippen molar-refractivity contribution >= 4 is 17.7 Å². The van der Waals surface area contributed by atoms with Crippen molar-refractivity contribution in [3.63, 3.8) is 0 Å². The first-order valence-corrected chi connectivity index (χ1v) is 6.45. The Bertz CT molecular complexity index is 458. The fraction of sp³-hybridized carbons (Fsp3) is 0.429. The van der Waals surface area contributed by atoms with Gasteiger partial charge in [-0.15, -0.1) is 0 Å². The normalized spacial score (nSPS) is 10.0. The molecule has 0 aromatic heterocycles. The minimum atomic E-state index is -0.725. The lowest BCUT2D eigenvalue weighted by Crippen LogP contribution is -2.31. The van der Waals surface area contributed by atoms with Crippen LogP contribution in [0.5, 0.6) is 0 Å². The van der Waals surface area contributed by atoms with E-state index in [4.69, 9.17) is 10.5 Å². The molecule has 3 N–H and O–H groups in total. The topological polar surface area (TPSA) is 81.4 Å². The summed E-state index contributed by atoms with van der Waals surface area (Å²) in [5.74, 6) is -0.504. The van der Waals surface area contributed by atoms with Crippen molar-refractivity contribution < 1.29 is 14.3 Å². The van der Waals surface area contributed by atoms with Crippen LogP contribution in [0.25, 0.3) is 0 Å². The summed E-state index contributed by atoms with van der Waals surface area (Å²) in [5.41, 5.74) is 7.68. The zero-order chi connectivity index (χ0) is 14.3. The number of carbonyl (C=O) groups excluding carboxylic acids is 2. The van der Waals surface area contributed by atoms with Crippen molar-refractivity contribution in [3.8, 4) is 0 Å². The predicted octanol–water partition coefficient (Wildman–Crippen LogP) is 2.50. The largest absolute Gasteiger partial charge is 0.449 e. The molecule has 0 fully saturated rings. The summed E-state index contributed by atoms with van der Waals surface area (Å²) in [5, 5.41) is 2.16. The highest BCUT2D eigenvalue weighted by atomic mass is 16.5. The standard InChI is InChI=1S/C14H20N2O3/c1-3-5-8-19-14(18)16-13(17)11-7-6-10(4-2)12(15)9-11/h6-7,9H,3-5,8,15H2,1-2H3,(H,16,17,18). The van der Waals surface area contributed by atoms with Crippen molar-refractivity contribution in [2.24, 2.45) is 0 Å². The number of aryl methyl sites for hydroxylation is 1. The molecular weight excluding hydrogens is 244 g/mol. The van der Waals surface area contributed by atoms with Crippen molar-refractivity contribution in [1.82, 2.24) is 5.32 Å². The molecule has 0 aliphatic heterocycles. The van der Waals surface area contributed by atoms with E-state index in [0.29, 0.717) is 17.9 Å². The molecule has 5 heteroatoms. The van der Waals surface area contributed by atoms with Gasteiger partial charge < -0.3 is 10.5 Å². The monoisotopic (exact) mass is 264 g/mol. The van der Waals surface area contributed by atoms with Crippen LogP contribution >= 0.6 is 0 Å². The number of imide groups is 1. The second-order valence-corrected chi connectivity index (χ2v) is 4.21. The number of unbranched alkanes of at least 4 members (excludes halogenated alkanes) is 1. The van der Waals surface area contributed by atoms with Crippen LogP contribution in [0.15, 0.2) is 18.2 Å². The van der Waals surface area contributed by atoms with E-state index in [1.165, 1.54) is 0 Å². The third-order valence-electron chi connectivity index (χ3n) is 2.74. The first kappa shape index (κ1) is 15.0. The molecule has 0 aliphatic carbocycles. The van der Waals surface area contributed by atoms with Crippen molar-refractivity contribution in [1.29, 1.82) is 0 Å². The number of anilines is 1. The Labute approximate surface area is 113 Å². The van der Waals surface area contributed by atoms with Crippen LogP contribution in [-0.4, -0.2) is 18.6 Å². The Morgan fingerprint density at radius 2 is 2.05 bits per heavy atom. The number of amides is 2. The summed E-state index contributed by atoms with van der Waals surface area (Å²) in [4.78, 5) is 23.1. The highest BCUT2D eigenvalue weighted by Crippen LogP contribution is 2.14. The van der Waals surface area contributed by atoms with E-state index in [0.717, 1.165) is 24.8 Å². The summed E-state index contributed by atoms with van der Waals surface area (Å²) in [6.07, 6.45) is 1.78. The SMILES string of the molecule is CCCCOC(=O)NC(=O)c1ccc(CC)c(N)c1. The molecule has 1 aromatic rings. The summed E-state index contributed by atoms with van der Waals surface area (Å²) in [7, 11) is 0. The van der Waals surface area contributed by atoms with Crippen LogP contribution < -0.4 is 11.1 Å². The lowest BCUT2D eigenvalue weighted by atomic mass is 10.1. The Balaban J connectivity index is 2.58. The lowest BCUT2D eigenvalue weighted by molar-refractivity contribution is 0.0919. The predicted molar refractivity (Wildman–Crippen MR) is 74.0 cm³/mol. The first-order valence-electron chi connectivity index (χ1n) is 6.45. The third kappa shape index (κ3) is 4.62. The molecule has 1 aromatic carbocycles. The van der Waals surface area contributed by atoms with Gasteiger partial charge in [-0.1, -0.05) is 26.3 Å². The van der Waals surface area contributed by atoms with Gasteiger partial charge in [-0.05, 0) is 30.5 Å². The molecule has 0 aliphatic rings. The van der Waals surface area contributed by atoms with E-state index in [1.54, 1.807) is 18.2 Å². The number of ether oxygens (including phenoxy) is 1. The zero-order valence-corrected chi connectivity index (χ0v) is 11.4. The van der Waals surface area contributed by atoms with Gasteiger partial charge in [-0.3, -0.25) is 10.1 Å². The van der Waals surface area contributed by atoms with Crippen molar-refractivity contribution in [2.75, 3.05) is 12.3 Å². The van der Waals surface area contributed by atoms with Gasteiger partial charge >= 0.3 is 6.09 Å². The molecule has 0 bridgehead atoms. The molecule has 2 amide bonds. The van der Waals surface area contributed by atoms with Crippen LogP contribution in [0.3, 0.4) is 0 Å². The molecule has 5 nitrogen and oxygen atoms in total. The van der Waals surface area contributed by atoms with Crippen LogP contribution in [-0.2, 0) is 11.2 Å². The van der Waals surface area contributed by atoms with E-state index >= 15 is 0 Å². The molecule has 0 spiro atoms. The zero-order valence-electron chi connectivity index (χ0n) is 11.4. The van der Waals surface area contributed by atoms with E-state index in [2.05, 4.69) is 5.32 Å². The van der Waals surface area contributed by atoms with Crippen molar-refractivity contribution in [3.05, 3.63) is 29.3 Å². The van der Waals surface area contributed by atoms with E-state index in [1.807, 2.05) is 13.8 Å². The minimum Gasteiger partial charge on any atom is -0.449 e. The average molecular weight is 264 g/mol. The van der Waals surface area contributed by atoms with Crippen molar-refractivity contribution in [2.45, 2.75) is 33.1 Å². The van der Waals surface area contributed by atoms with Gasteiger partial charge in [0.05, 0.1) is 6.61 Å². The molecular formula is C14H20N2O3. The van der Waals surface area contributed by atoms with Crippen LogP contribution in [0.1, 0.15) is 42.6 Å². The molecule has 0 saturated carbocycles. The average Bonchev–Trinajstić information content (AvgIpc) is 2.38. The molecule has 19 heavy (non-hydrogen) atoms. The third-order valence-corrected chi connectivity index (χ3v) is 2.74. The van der Waals surface area contributed by atoms with E-state index < -0.39 is 12.0 Å². The summed E-state index contributed by atoms with van der Waals surface area (Å²) >= 11 is 0. The maximum absolute atomic E-state index is 11.8. The molecule has 0 heterocycles. The van der Waals surface area contributed by atoms with Gasteiger partial charge in [-0.2, -0.15) is 0 Å². The minimum absolute atomic E-state index is 0.312. The van der Waals surface area contributed by atoms with Gasteiger partial charge in [0.1, 0.15) is 0 Å². The fourth-order valence-electron chi connectivity index (χ4n) is 1.57.